The fourth-order valence-corrected chi connectivity index (χ4v) is 2.75. The van der Waals surface area contributed by atoms with Gasteiger partial charge in [0.2, 0.25) is 11.8 Å². The van der Waals surface area contributed by atoms with Gasteiger partial charge in [0.15, 0.2) is 0 Å². The summed E-state index contributed by atoms with van der Waals surface area (Å²) < 4.78 is 5.38. The largest absolute Gasteiger partial charge is 0.379 e. The smallest absolute Gasteiger partial charge is 0.224 e. The second-order valence-corrected chi connectivity index (χ2v) is 6.74. The molecule has 6 heteroatoms. The van der Waals surface area contributed by atoms with Gasteiger partial charge in [0.05, 0.1) is 19.6 Å². The Hall–Kier alpha value is -1.92. The van der Waals surface area contributed by atoms with Gasteiger partial charge in [0.1, 0.15) is 0 Å². The van der Waals surface area contributed by atoms with E-state index >= 15 is 0 Å². The zero-order valence-electron chi connectivity index (χ0n) is 14.7. The van der Waals surface area contributed by atoms with E-state index in [-0.39, 0.29) is 17.4 Å². The number of rotatable bonds is 6. The Labute approximate surface area is 143 Å². The number of carbonyl (C=O) groups is 2. The van der Waals surface area contributed by atoms with Gasteiger partial charge in [-0.15, -0.1) is 0 Å². The molecule has 0 atom stereocenters. The lowest BCUT2D eigenvalue weighted by atomic mass is 10.0. The summed E-state index contributed by atoms with van der Waals surface area (Å²) in [4.78, 5) is 25.5. The Morgan fingerprint density at radius 1 is 1.17 bits per heavy atom. The predicted molar refractivity (Wildman–Crippen MR) is 93.9 cm³/mol. The first kappa shape index (κ1) is 18.4. The maximum absolute atomic E-state index is 12.2. The molecule has 0 unspecified atom stereocenters. The van der Waals surface area contributed by atoms with Crippen LogP contribution in [0.15, 0.2) is 24.3 Å². The quantitative estimate of drug-likeness (QED) is 0.826. The molecule has 1 fully saturated rings. The van der Waals surface area contributed by atoms with Crippen molar-refractivity contribution in [3.05, 3.63) is 29.8 Å². The van der Waals surface area contributed by atoms with E-state index in [0.717, 1.165) is 37.6 Å². The van der Waals surface area contributed by atoms with Crippen molar-refractivity contribution in [2.45, 2.75) is 32.7 Å². The van der Waals surface area contributed by atoms with Crippen molar-refractivity contribution >= 4 is 17.5 Å². The van der Waals surface area contributed by atoms with Gasteiger partial charge in [-0.3, -0.25) is 14.5 Å². The van der Waals surface area contributed by atoms with Crippen molar-refractivity contribution in [1.29, 1.82) is 0 Å². The lowest BCUT2D eigenvalue weighted by Gasteiger charge is -2.40. The Kier molecular flexibility index (Phi) is 6.34. The van der Waals surface area contributed by atoms with E-state index in [9.17, 15) is 9.59 Å². The van der Waals surface area contributed by atoms with Gasteiger partial charge >= 0.3 is 0 Å². The Morgan fingerprint density at radius 3 is 2.38 bits per heavy atom. The highest BCUT2D eigenvalue weighted by Crippen LogP contribution is 2.15. The van der Waals surface area contributed by atoms with Crippen molar-refractivity contribution in [2.75, 3.05) is 38.2 Å². The van der Waals surface area contributed by atoms with Crippen LogP contribution in [0.1, 0.15) is 26.3 Å². The SMILES string of the molecule is CC(=O)Nc1ccc(CC(=O)NCC(C)(C)N2CCOCC2)cc1. The molecule has 0 aromatic heterocycles. The van der Waals surface area contributed by atoms with E-state index in [1.165, 1.54) is 6.92 Å². The fraction of sp³-hybridized carbons (Fsp3) is 0.556. The number of hydrogen-bond acceptors (Lipinski definition) is 4. The lowest BCUT2D eigenvalue weighted by molar-refractivity contribution is -0.121. The van der Waals surface area contributed by atoms with Crippen LogP contribution in [0.4, 0.5) is 5.69 Å². The molecule has 24 heavy (non-hydrogen) atoms. The number of hydrogen-bond donors (Lipinski definition) is 2. The monoisotopic (exact) mass is 333 g/mol. The van der Waals surface area contributed by atoms with E-state index in [1.54, 1.807) is 0 Å². The molecule has 1 heterocycles. The minimum atomic E-state index is -0.106. The molecule has 1 aliphatic heterocycles. The summed E-state index contributed by atoms with van der Waals surface area (Å²) in [7, 11) is 0. The van der Waals surface area contributed by atoms with Crippen LogP contribution in [-0.2, 0) is 20.7 Å². The first-order valence-electron chi connectivity index (χ1n) is 8.33. The van der Waals surface area contributed by atoms with Crippen molar-refractivity contribution in [2.24, 2.45) is 0 Å². The van der Waals surface area contributed by atoms with Gasteiger partial charge in [0, 0.05) is 37.8 Å². The Bertz CT molecular complexity index is 563. The van der Waals surface area contributed by atoms with Crippen molar-refractivity contribution < 1.29 is 14.3 Å². The summed E-state index contributed by atoms with van der Waals surface area (Å²) in [6.45, 7) is 9.64. The standard InChI is InChI=1S/C18H27N3O3/c1-14(22)20-16-6-4-15(5-7-16)12-17(23)19-13-18(2,3)21-8-10-24-11-9-21/h4-7H,8-13H2,1-3H3,(H,19,23)(H,20,22). The normalized spacial score (nSPS) is 15.8. The first-order chi connectivity index (χ1) is 11.4. The third-order valence-electron chi connectivity index (χ3n) is 4.22. The van der Waals surface area contributed by atoms with Gasteiger partial charge < -0.3 is 15.4 Å². The summed E-state index contributed by atoms with van der Waals surface area (Å²) in [5.41, 5.74) is 1.57. The van der Waals surface area contributed by atoms with Gasteiger partial charge in [-0.2, -0.15) is 0 Å². The van der Waals surface area contributed by atoms with Crippen LogP contribution in [0, 0.1) is 0 Å². The van der Waals surface area contributed by atoms with Gasteiger partial charge in [0.25, 0.3) is 0 Å². The number of anilines is 1. The Balaban J connectivity index is 1.81. The van der Waals surface area contributed by atoms with Crippen molar-refractivity contribution in [1.82, 2.24) is 10.2 Å². The summed E-state index contributed by atoms with van der Waals surface area (Å²) in [6.07, 6.45) is 0.333. The summed E-state index contributed by atoms with van der Waals surface area (Å²) in [5.74, 6) is -0.102. The van der Waals surface area contributed by atoms with E-state index in [0.29, 0.717) is 13.0 Å². The molecule has 1 aliphatic rings. The van der Waals surface area contributed by atoms with E-state index in [1.807, 2.05) is 24.3 Å². The molecule has 2 rings (SSSR count). The molecule has 1 aromatic carbocycles. The van der Waals surface area contributed by atoms with E-state index < -0.39 is 0 Å². The molecule has 0 aliphatic carbocycles. The molecule has 0 bridgehead atoms. The third kappa shape index (κ3) is 5.62. The summed E-state index contributed by atoms with van der Waals surface area (Å²) in [5, 5.41) is 5.74. The minimum Gasteiger partial charge on any atom is -0.379 e. The molecule has 132 valence electrons. The van der Waals surface area contributed by atoms with Crippen LogP contribution >= 0.6 is 0 Å². The minimum absolute atomic E-state index is 0.00334. The molecule has 2 N–H and O–H groups in total. The Morgan fingerprint density at radius 2 is 1.79 bits per heavy atom. The fourth-order valence-electron chi connectivity index (χ4n) is 2.75. The zero-order chi connectivity index (χ0) is 17.6. The second-order valence-electron chi connectivity index (χ2n) is 6.74. The average molecular weight is 333 g/mol. The average Bonchev–Trinajstić information content (AvgIpc) is 2.55. The lowest BCUT2D eigenvalue weighted by Crippen LogP contribution is -2.55. The highest BCUT2D eigenvalue weighted by atomic mass is 16.5. The van der Waals surface area contributed by atoms with Crippen LogP contribution in [0.5, 0.6) is 0 Å². The van der Waals surface area contributed by atoms with Crippen molar-refractivity contribution in [3.63, 3.8) is 0 Å². The van der Waals surface area contributed by atoms with Crippen LogP contribution in [0.3, 0.4) is 0 Å². The van der Waals surface area contributed by atoms with Crippen molar-refractivity contribution in [3.8, 4) is 0 Å². The molecular formula is C18H27N3O3. The number of amides is 2. The number of benzene rings is 1. The highest BCUT2D eigenvalue weighted by molar-refractivity contribution is 5.88. The maximum atomic E-state index is 12.2. The predicted octanol–water partition coefficient (Wildman–Crippen LogP) is 1.41. The molecular weight excluding hydrogens is 306 g/mol. The van der Waals surface area contributed by atoms with Gasteiger partial charge in [-0.1, -0.05) is 12.1 Å². The topological polar surface area (TPSA) is 70.7 Å². The van der Waals surface area contributed by atoms with Gasteiger partial charge in [-0.05, 0) is 31.5 Å². The summed E-state index contributed by atoms with van der Waals surface area (Å²) in [6, 6.07) is 7.33. The zero-order valence-corrected chi connectivity index (χ0v) is 14.7. The van der Waals surface area contributed by atoms with Gasteiger partial charge in [-0.25, -0.2) is 0 Å². The molecule has 6 nitrogen and oxygen atoms in total. The van der Waals surface area contributed by atoms with Crippen LogP contribution in [0.25, 0.3) is 0 Å². The van der Waals surface area contributed by atoms with E-state index in [2.05, 4.69) is 29.4 Å². The molecule has 0 saturated carbocycles. The number of nitrogens with zero attached hydrogens (tertiary/aromatic N) is 1. The van der Waals surface area contributed by atoms with Crippen LogP contribution < -0.4 is 10.6 Å². The highest BCUT2D eigenvalue weighted by Gasteiger charge is 2.28. The molecule has 1 aromatic rings. The molecule has 2 amide bonds. The second kappa shape index (κ2) is 8.26. The molecule has 0 radical (unpaired) electrons. The van der Waals surface area contributed by atoms with Crippen LogP contribution in [-0.4, -0.2) is 55.1 Å². The summed E-state index contributed by atoms with van der Waals surface area (Å²) >= 11 is 0. The number of ether oxygens (including phenoxy) is 1. The first-order valence-corrected chi connectivity index (χ1v) is 8.33. The van der Waals surface area contributed by atoms with E-state index in [4.69, 9.17) is 4.74 Å². The van der Waals surface area contributed by atoms with Crippen LogP contribution in [0.2, 0.25) is 0 Å². The third-order valence-corrected chi connectivity index (χ3v) is 4.22. The maximum Gasteiger partial charge on any atom is 0.224 e. The molecule has 0 spiro atoms. The number of morpholine rings is 1. The molecule has 1 saturated heterocycles. The number of carbonyl (C=O) groups excluding carboxylic acids is 2. The number of nitrogens with one attached hydrogen (secondary N) is 2.